The standard InChI is InChI=1S/C13H26N2O/c1-12(16)5-4-8-14(2)9-6-13-7-10-15(3)11-13/h13H,4-11H2,1-3H3. The molecule has 0 amide bonds. The molecular formula is C13H26N2O. The molecular weight excluding hydrogens is 200 g/mol. The van der Waals surface area contributed by atoms with Gasteiger partial charge in [0.1, 0.15) is 5.78 Å². The van der Waals surface area contributed by atoms with Crippen LogP contribution in [0, 0.1) is 5.92 Å². The molecule has 3 heteroatoms. The lowest BCUT2D eigenvalue weighted by Gasteiger charge is -2.18. The molecule has 0 N–H and O–H groups in total. The summed E-state index contributed by atoms with van der Waals surface area (Å²) in [6.45, 7) is 6.44. The van der Waals surface area contributed by atoms with Gasteiger partial charge in [-0.1, -0.05) is 0 Å². The minimum absolute atomic E-state index is 0.311. The Bertz CT molecular complexity index is 218. The van der Waals surface area contributed by atoms with Crippen molar-refractivity contribution in [3.63, 3.8) is 0 Å². The van der Waals surface area contributed by atoms with E-state index in [0.29, 0.717) is 5.78 Å². The van der Waals surface area contributed by atoms with Crippen molar-refractivity contribution in [1.82, 2.24) is 9.80 Å². The Balaban J connectivity index is 2.01. The summed E-state index contributed by atoms with van der Waals surface area (Å²) in [5, 5.41) is 0. The van der Waals surface area contributed by atoms with Gasteiger partial charge < -0.3 is 14.6 Å². The monoisotopic (exact) mass is 226 g/mol. The molecule has 1 atom stereocenters. The smallest absolute Gasteiger partial charge is 0.129 e. The van der Waals surface area contributed by atoms with E-state index in [9.17, 15) is 4.79 Å². The molecule has 3 nitrogen and oxygen atoms in total. The van der Waals surface area contributed by atoms with Crippen LogP contribution in [-0.4, -0.2) is 55.9 Å². The van der Waals surface area contributed by atoms with Crippen LogP contribution in [0.15, 0.2) is 0 Å². The summed E-state index contributed by atoms with van der Waals surface area (Å²) in [6.07, 6.45) is 4.41. The summed E-state index contributed by atoms with van der Waals surface area (Å²) in [7, 11) is 4.37. The predicted octanol–water partition coefficient (Wildman–Crippen LogP) is 1.63. The van der Waals surface area contributed by atoms with Crippen LogP contribution in [0.2, 0.25) is 0 Å². The van der Waals surface area contributed by atoms with E-state index in [2.05, 4.69) is 23.9 Å². The molecule has 1 fully saturated rings. The number of hydrogen-bond acceptors (Lipinski definition) is 3. The Kier molecular flexibility index (Phi) is 5.99. The van der Waals surface area contributed by atoms with Gasteiger partial charge in [0.05, 0.1) is 0 Å². The van der Waals surface area contributed by atoms with Gasteiger partial charge in [-0.15, -0.1) is 0 Å². The van der Waals surface area contributed by atoms with Crippen LogP contribution in [0.5, 0.6) is 0 Å². The first-order valence-corrected chi connectivity index (χ1v) is 6.44. The molecule has 0 radical (unpaired) electrons. The minimum Gasteiger partial charge on any atom is -0.306 e. The highest BCUT2D eigenvalue weighted by atomic mass is 16.1. The van der Waals surface area contributed by atoms with Gasteiger partial charge in [-0.2, -0.15) is 0 Å². The molecule has 1 saturated heterocycles. The van der Waals surface area contributed by atoms with Crippen molar-refractivity contribution in [1.29, 1.82) is 0 Å². The zero-order chi connectivity index (χ0) is 12.0. The number of likely N-dealkylation sites (tertiary alicyclic amines) is 1. The highest BCUT2D eigenvalue weighted by Crippen LogP contribution is 2.17. The number of hydrogen-bond donors (Lipinski definition) is 0. The van der Waals surface area contributed by atoms with Crippen molar-refractivity contribution in [2.24, 2.45) is 5.92 Å². The molecule has 94 valence electrons. The molecule has 0 aromatic heterocycles. The number of nitrogens with zero attached hydrogens (tertiary/aromatic N) is 2. The van der Waals surface area contributed by atoms with Crippen molar-refractivity contribution < 1.29 is 4.79 Å². The van der Waals surface area contributed by atoms with Gasteiger partial charge in [0, 0.05) is 13.0 Å². The number of ketones is 1. The lowest BCUT2D eigenvalue weighted by molar-refractivity contribution is -0.117. The summed E-state index contributed by atoms with van der Waals surface area (Å²) >= 11 is 0. The maximum absolute atomic E-state index is 10.8. The second-order valence-electron chi connectivity index (χ2n) is 5.31. The normalized spacial score (nSPS) is 21.9. The van der Waals surface area contributed by atoms with Crippen molar-refractivity contribution in [2.45, 2.75) is 32.6 Å². The Morgan fingerprint density at radius 1 is 1.44 bits per heavy atom. The zero-order valence-electron chi connectivity index (χ0n) is 11.0. The van der Waals surface area contributed by atoms with Crippen LogP contribution < -0.4 is 0 Å². The number of carbonyl (C=O) groups is 1. The van der Waals surface area contributed by atoms with Crippen molar-refractivity contribution in [2.75, 3.05) is 40.3 Å². The summed E-state index contributed by atoms with van der Waals surface area (Å²) in [5.74, 6) is 1.20. The Labute approximate surface area is 99.8 Å². The van der Waals surface area contributed by atoms with Crippen molar-refractivity contribution >= 4 is 5.78 Å². The average molecular weight is 226 g/mol. The Hall–Kier alpha value is -0.410. The molecule has 1 aliphatic heterocycles. The molecule has 16 heavy (non-hydrogen) atoms. The van der Waals surface area contributed by atoms with E-state index < -0.39 is 0 Å². The van der Waals surface area contributed by atoms with Gasteiger partial charge in [-0.05, 0) is 65.8 Å². The number of carbonyl (C=O) groups excluding carboxylic acids is 1. The fourth-order valence-corrected chi connectivity index (χ4v) is 2.37. The molecule has 0 aromatic rings. The lowest BCUT2D eigenvalue weighted by Crippen LogP contribution is -2.24. The third kappa shape index (κ3) is 5.61. The zero-order valence-corrected chi connectivity index (χ0v) is 11.0. The van der Waals surface area contributed by atoms with Crippen LogP contribution in [0.25, 0.3) is 0 Å². The summed E-state index contributed by atoms with van der Waals surface area (Å²) < 4.78 is 0. The van der Waals surface area contributed by atoms with Crippen molar-refractivity contribution in [3.8, 4) is 0 Å². The van der Waals surface area contributed by atoms with Gasteiger partial charge in [0.15, 0.2) is 0 Å². The van der Waals surface area contributed by atoms with E-state index in [1.165, 1.54) is 32.5 Å². The fourth-order valence-electron chi connectivity index (χ4n) is 2.37. The minimum atomic E-state index is 0.311. The topological polar surface area (TPSA) is 23.6 Å². The van der Waals surface area contributed by atoms with Crippen LogP contribution >= 0.6 is 0 Å². The van der Waals surface area contributed by atoms with E-state index in [4.69, 9.17) is 0 Å². The van der Waals surface area contributed by atoms with Crippen LogP contribution in [-0.2, 0) is 4.79 Å². The van der Waals surface area contributed by atoms with E-state index >= 15 is 0 Å². The maximum Gasteiger partial charge on any atom is 0.129 e. The fraction of sp³-hybridized carbons (Fsp3) is 0.923. The molecule has 0 saturated carbocycles. The quantitative estimate of drug-likeness (QED) is 0.659. The second-order valence-corrected chi connectivity index (χ2v) is 5.31. The lowest BCUT2D eigenvalue weighted by atomic mass is 10.0. The van der Waals surface area contributed by atoms with Crippen molar-refractivity contribution in [3.05, 3.63) is 0 Å². The molecule has 0 spiro atoms. The van der Waals surface area contributed by atoms with Crippen LogP contribution in [0.4, 0.5) is 0 Å². The third-order valence-electron chi connectivity index (χ3n) is 3.48. The van der Waals surface area contributed by atoms with E-state index in [1.807, 2.05) is 0 Å². The van der Waals surface area contributed by atoms with E-state index in [-0.39, 0.29) is 0 Å². The largest absolute Gasteiger partial charge is 0.306 e. The van der Waals surface area contributed by atoms with E-state index in [1.54, 1.807) is 6.92 Å². The summed E-state index contributed by atoms with van der Waals surface area (Å²) in [5.41, 5.74) is 0. The molecule has 1 aliphatic rings. The maximum atomic E-state index is 10.8. The molecule has 1 heterocycles. The van der Waals surface area contributed by atoms with Crippen LogP contribution in [0.1, 0.15) is 32.6 Å². The van der Waals surface area contributed by atoms with Gasteiger partial charge in [0.2, 0.25) is 0 Å². The second kappa shape index (κ2) is 7.02. The first-order valence-electron chi connectivity index (χ1n) is 6.44. The first-order chi connectivity index (χ1) is 7.58. The average Bonchev–Trinajstić information content (AvgIpc) is 2.61. The number of Topliss-reactive ketones (excluding diaryl/α,β-unsaturated/α-hetero) is 1. The predicted molar refractivity (Wildman–Crippen MR) is 67.6 cm³/mol. The Morgan fingerprint density at radius 2 is 2.19 bits per heavy atom. The summed E-state index contributed by atoms with van der Waals surface area (Å²) in [6, 6.07) is 0. The van der Waals surface area contributed by atoms with Gasteiger partial charge >= 0.3 is 0 Å². The molecule has 1 rings (SSSR count). The Morgan fingerprint density at radius 3 is 2.75 bits per heavy atom. The van der Waals surface area contributed by atoms with Gasteiger partial charge in [-0.3, -0.25) is 0 Å². The van der Waals surface area contributed by atoms with Gasteiger partial charge in [-0.25, -0.2) is 0 Å². The molecule has 0 aromatic carbocycles. The molecule has 0 bridgehead atoms. The third-order valence-corrected chi connectivity index (χ3v) is 3.48. The van der Waals surface area contributed by atoms with E-state index in [0.717, 1.165) is 25.3 Å². The number of rotatable bonds is 7. The molecule has 0 aliphatic carbocycles. The van der Waals surface area contributed by atoms with Crippen LogP contribution in [0.3, 0.4) is 0 Å². The summed E-state index contributed by atoms with van der Waals surface area (Å²) in [4.78, 5) is 15.6. The first kappa shape index (κ1) is 13.7. The van der Waals surface area contributed by atoms with Gasteiger partial charge in [0.25, 0.3) is 0 Å². The highest BCUT2D eigenvalue weighted by Gasteiger charge is 2.19. The SMILES string of the molecule is CC(=O)CCCN(C)CCC1CCN(C)C1. The molecule has 1 unspecified atom stereocenters. The highest BCUT2D eigenvalue weighted by molar-refractivity contribution is 5.75.